The van der Waals surface area contributed by atoms with Gasteiger partial charge in [0, 0.05) is 31.3 Å². The molecule has 0 radical (unpaired) electrons. The van der Waals surface area contributed by atoms with Gasteiger partial charge in [0.25, 0.3) is 0 Å². The first-order valence-corrected chi connectivity index (χ1v) is 29.0. The zero-order valence-corrected chi connectivity index (χ0v) is 46.5. The van der Waals surface area contributed by atoms with Crippen LogP contribution in [0.2, 0.25) is 0 Å². The summed E-state index contributed by atoms with van der Waals surface area (Å²) in [5.41, 5.74) is 25.3. The van der Waals surface area contributed by atoms with Gasteiger partial charge >= 0.3 is 0 Å². The minimum Gasteiger partial charge on any atom is -0.134 e. The monoisotopic (exact) mass is 1050 g/mol. The quantitative estimate of drug-likeness (QED) is 0.128. The molecule has 14 aromatic rings. The Morgan fingerprint density at radius 1 is 0.222 bits per heavy atom. The predicted molar refractivity (Wildman–Crippen MR) is 350 cm³/mol. The topological polar surface area (TPSA) is 0 Å². The second-order valence-electron chi connectivity index (χ2n) is 22.3. The van der Waals surface area contributed by atoms with E-state index in [-0.39, 0.29) is 5.41 Å². The normalized spacial score (nSPS) is 11.6. The largest absolute Gasteiger partial charge is 0.134 e. The van der Waals surface area contributed by atoms with Crippen LogP contribution in [0.3, 0.4) is 0 Å². The van der Waals surface area contributed by atoms with Crippen molar-refractivity contribution in [2.75, 3.05) is 0 Å². The number of hydrogen-bond donors (Lipinski definition) is 0. The van der Waals surface area contributed by atoms with Crippen LogP contribution in [-0.2, 0) is 5.41 Å². The lowest BCUT2D eigenvalue weighted by molar-refractivity contribution is 0.591. The van der Waals surface area contributed by atoms with E-state index >= 15 is 0 Å². The van der Waals surface area contributed by atoms with Gasteiger partial charge in [-0.05, 0) is 176 Å². The van der Waals surface area contributed by atoms with Gasteiger partial charge in [-0.1, -0.05) is 263 Å². The Bertz CT molecular complexity index is 4520. The summed E-state index contributed by atoms with van der Waals surface area (Å²) in [7, 11) is 0. The van der Waals surface area contributed by atoms with E-state index in [1.54, 1.807) is 0 Å². The van der Waals surface area contributed by atoms with Gasteiger partial charge in [0.05, 0.1) is 0 Å². The van der Waals surface area contributed by atoms with Crippen molar-refractivity contribution in [3.8, 4) is 111 Å². The van der Waals surface area contributed by atoms with E-state index in [1.165, 1.54) is 148 Å². The summed E-state index contributed by atoms with van der Waals surface area (Å²) in [6, 6.07) is 110. The highest BCUT2D eigenvalue weighted by Crippen LogP contribution is 2.52. The molecule has 14 rings (SSSR count). The van der Waals surface area contributed by atoms with E-state index in [1.807, 2.05) is 11.3 Å². The number of thiophene rings is 1. The zero-order chi connectivity index (χ0) is 54.4. The molecule has 0 aliphatic heterocycles. The Labute approximate surface area is 479 Å². The maximum Gasteiger partial charge on any atom is 0.0440 e. The number of fused-ring (bicyclic) bond motifs is 5. The van der Waals surface area contributed by atoms with Gasteiger partial charge in [0.15, 0.2) is 0 Å². The smallest absolute Gasteiger partial charge is 0.0440 e. The van der Waals surface area contributed by atoms with E-state index in [2.05, 4.69) is 318 Å². The second-order valence-corrected chi connectivity index (χ2v) is 23.4. The SMILES string of the molecule is CC(C)(C)c1cc(-c2ccccc2-c2ccccc2-c2cc(-c3ccccc3)cc(-c3ccccc3)c2)c2sc3c(-c4ccccc4-c4ccccc4-c4cc(-c5ccccc5)cc(-c5ccccc5)c4)cc4ccccc4c3c2c1. The molecule has 1 heteroatoms. The molecule has 0 saturated carbocycles. The van der Waals surface area contributed by atoms with Gasteiger partial charge in [-0.2, -0.15) is 0 Å². The third-order valence-electron chi connectivity index (χ3n) is 16.2. The molecular weight excluding hydrogens is 993 g/mol. The van der Waals surface area contributed by atoms with Crippen LogP contribution in [-0.4, -0.2) is 0 Å². The van der Waals surface area contributed by atoms with Gasteiger partial charge < -0.3 is 0 Å². The van der Waals surface area contributed by atoms with E-state index in [4.69, 9.17) is 0 Å². The molecular formula is C80H58S. The summed E-state index contributed by atoms with van der Waals surface area (Å²) in [5.74, 6) is 0. The fourth-order valence-corrected chi connectivity index (χ4v) is 13.5. The minimum absolute atomic E-state index is 0.127. The van der Waals surface area contributed by atoms with E-state index < -0.39 is 0 Å². The van der Waals surface area contributed by atoms with Crippen LogP contribution in [0.4, 0.5) is 0 Å². The molecule has 0 nitrogen and oxygen atoms in total. The lowest BCUT2D eigenvalue weighted by atomic mass is 9.82. The highest BCUT2D eigenvalue weighted by Gasteiger charge is 2.25. The highest BCUT2D eigenvalue weighted by molar-refractivity contribution is 7.27. The van der Waals surface area contributed by atoms with Crippen LogP contribution in [0, 0.1) is 0 Å². The van der Waals surface area contributed by atoms with Gasteiger partial charge in [-0.15, -0.1) is 11.3 Å². The first kappa shape index (κ1) is 49.6. The average Bonchev–Trinajstić information content (AvgIpc) is 3.11. The van der Waals surface area contributed by atoms with Crippen molar-refractivity contribution >= 4 is 42.3 Å². The molecule has 0 fully saturated rings. The Hall–Kier alpha value is -9.66. The minimum atomic E-state index is -0.127. The van der Waals surface area contributed by atoms with Crippen molar-refractivity contribution in [1.29, 1.82) is 0 Å². The fourth-order valence-electron chi connectivity index (χ4n) is 12.2. The zero-order valence-electron chi connectivity index (χ0n) is 45.7. The number of benzene rings is 13. The Kier molecular flexibility index (Phi) is 12.8. The summed E-state index contributed by atoms with van der Waals surface area (Å²) in [6.45, 7) is 7.06. The summed E-state index contributed by atoms with van der Waals surface area (Å²) >= 11 is 1.95. The predicted octanol–water partition coefficient (Wildman–Crippen LogP) is 23.2. The Balaban J connectivity index is 0.982. The molecule has 0 unspecified atom stereocenters. The highest BCUT2D eigenvalue weighted by atomic mass is 32.1. The van der Waals surface area contributed by atoms with Crippen LogP contribution >= 0.6 is 11.3 Å². The molecule has 0 amide bonds. The number of hydrogen-bond acceptors (Lipinski definition) is 1. The third-order valence-corrected chi connectivity index (χ3v) is 17.5. The lowest BCUT2D eigenvalue weighted by Gasteiger charge is -2.22. The molecule has 0 N–H and O–H groups in total. The summed E-state index contributed by atoms with van der Waals surface area (Å²) in [5, 5.41) is 5.11. The van der Waals surface area contributed by atoms with Gasteiger partial charge in [0.2, 0.25) is 0 Å². The maximum absolute atomic E-state index is 2.51. The summed E-state index contributed by atoms with van der Waals surface area (Å²) in [6.07, 6.45) is 0. The van der Waals surface area contributed by atoms with Crippen LogP contribution in [0.5, 0.6) is 0 Å². The summed E-state index contributed by atoms with van der Waals surface area (Å²) in [4.78, 5) is 0. The van der Waals surface area contributed by atoms with Crippen LogP contribution in [0.15, 0.2) is 297 Å². The molecule has 13 aromatic carbocycles. The van der Waals surface area contributed by atoms with Crippen molar-refractivity contribution < 1.29 is 0 Å². The van der Waals surface area contributed by atoms with Crippen LogP contribution < -0.4 is 0 Å². The third kappa shape index (κ3) is 9.36. The molecule has 1 aromatic heterocycles. The molecule has 1 heterocycles. The molecule has 0 aliphatic rings. The first-order valence-electron chi connectivity index (χ1n) is 28.1. The van der Waals surface area contributed by atoms with Crippen LogP contribution in [0.25, 0.3) is 142 Å². The second kappa shape index (κ2) is 20.9. The van der Waals surface area contributed by atoms with Crippen molar-refractivity contribution in [1.82, 2.24) is 0 Å². The molecule has 384 valence electrons. The number of rotatable bonds is 10. The molecule has 0 saturated heterocycles. The summed E-state index contributed by atoms with van der Waals surface area (Å²) < 4.78 is 2.59. The molecule has 0 bridgehead atoms. The average molecular weight is 1050 g/mol. The van der Waals surface area contributed by atoms with Crippen molar-refractivity contribution in [3.63, 3.8) is 0 Å². The van der Waals surface area contributed by atoms with Crippen molar-refractivity contribution in [3.05, 3.63) is 303 Å². The molecule has 0 atom stereocenters. The maximum atomic E-state index is 2.51. The van der Waals surface area contributed by atoms with Gasteiger partial charge in [0.1, 0.15) is 0 Å². The van der Waals surface area contributed by atoms with Crippen molar-refractivity contribution in [2.45, 2.75) is 26.2 Å². The van der Waals surface area contributed by atoms with E-state index in [0.29, 0.717) is 0 Å². The fraction of sp³-hybridized carbons (Fsp3) is 0.0500. The molecule has 0 aliphatic carbocycles. The Morgan fingerprint density at radius 2 is 0.531 bits per heavy atom. The van der Waals surface area contributed by atoms with Gasteiger partial charge in [-0.25, -0.2) is 0 Å². The van der Waals surface area contributed by atoms with E-state index in [0.717, 1.165) is 0 Å². The first-order chi connectivity index (χ1) is 39.8. The molecule has 81 heavy (non-hydrogen) atoms. The van der Waals surface area contributed by atoms with Gasteiger partial charge in [-0.3, -0.25) is 0 Å². The lowest BCUT2D eigenvalue weighted by Crippen LogP contribution is -2.11. The van der Waals surface area contributed by atoms with E-state index in [9.17, 15) is 0 Å². The standard InChI is InChI=1S/C80H58S/c1-80(2,3)64-51-75(73-43-25-23-41-71(73)69-39-21-19-36-66(69)63-48-60(55-30-12-6-13-31-55)45-61(49-63)56-32-14-7-15-33-56)78-76(52-64)77-67-37-17-16-34-57(67)50-74(79(77)81-78)72-42-24-22-40-70(72)68-38-20-18-35-65(68)62-46-58(53-26-8-4-9-27-53)44-59(47-62)54-28-10-5-11-29-54/h4-52H,1-3H3. The molecule has 0 spiro atoms. The Morgan fingerprint density at radius 3 is 0.926 bits per heavy atom. The van der Waals surface area contributed by atoms with Crippen LogP contribution in [0.1, 0.15) is 26.3 Å². The van der Waals surface area contributed by atoms with Crippen molar-refractivity contribution in [2.24, 2.45) is 0 Å².